The van der Waals surface area contributed by atoms with Crippen molar-refractivity contribution in [2.24, 2.45) is 0 Å². The van der Waals surface area contributed by atoms with Crippen LogP contribution in [0.1, 0.15) is 16.8 Å². The molecule has 0 bridgehead atoms. The van der Waals surface area contributed by atoms with E-state index in [0.717, 1.165) is 5.56 Å². The van der Waals surface area contributed by atoms with Gasteiger partial charge in [0.05, 0.1) is 29.0 Å². The molecule has 0 spiro atoms. The third-order valence-corrected chi connectivity index (χ3v) is 3.45. The first-order valence-corrected chi connectivity index (χ1v) is 6.94. The van der Waals surface area contributed by atoms with E-state index in [4.69, 9.17) is 11.1 Å². The minimum atomic E-state index is -0.590. The number of nitrogens with zero attached hydrogens (tertiary/aromatic N) is 3. The molecule has 3 aromatic heterocycles. The smallest absolute Gasteiger partial charge is 0.216 e. The van der Waals surface area contributed by atoms with Crippen LogP contribution in [0.2, 0.25) is 0 Å². The van der Waals surface area contributed by atoms with Gasteiger partial charge in [0, 0.05) is 29.1 Å². The summed E-state index contributed by atoms with van der Waals surface area (Å²) in [4.78, 5) is 12.1. The van der Waals surface area contributed by atoms with Crippen LogP contribution in [0, 0.1) is 18.3 Å². The van der Waals surface area contributed by atoms with Crippen LogP contribution in [0.25, 0.3) is 11.3 Å². The van der Waals surface area contributed by atoms with Crippen molar-refractivity contribution in [3.8, 4) is 11.3 Å². The van der Waals surface area contributed by atoms with Crippen LogP contribution in [0.4, 0.5) is 10.1 Å². The van der Waals surface area contributed by atoms with Gasteiger partial charge in [-0.25, -0.2) is 4.98 Å². The largest absolute Gasteiger partial charge is 0.397 e. The second-order valence-corrected chi connectivity index (χ2v) is 5.08. The van der Waals surface area contributed by atoms with Gasteiger partial charge in [0.25, 0.3) is 0 Å². The molecule has 0 fully saturated rings. The fraction of sp³-hybridized carbons (Fsp3) is 0.0588. The average Bonchev–Trinajstić information content (AvgIpc) is 2.58. The Hall–Kier alpha value is -3.15. The summed E-state index contributed by atoms with van der Waals surface area (Å²) in [6, 6.07) is 8.54. The fourth-order valence-corrected chi connectivity index (χ4v) is 2.14. The molecule has 0 aliphatic heterocycles. The molecule has 3 rings (SSSR count). The summed E-state index contributed by atoms with van der Waals surface area (Å²) < 4.78 is 13.6. The van der Waals surface area contributed by atoms with E-state index < -0.39 is 5.95 Å². The SMILES string of the molecule is Cc1ccc(C(=N)c2cc(-c3cccnc3)ncc2N)nc1F. The summed E-state index contributed by atoms with van der Waals surface area (Å²) in [5, 5.41) is 8.29. The lowest BCUT2D eigenvalue weighted by Crippen LogP contribution is -2.09. The lowest BCUT2D eigenvalue weighted by atomic mass is 10.0. The van der Waals surface area contributed by atoms with E-state index in [1.807, 2.05) is 6.07 Å². The standard InChI is InChI=1S/C17H14FN5/c1-10-4-5-14(23-17(10)18)16(20)12-7-15(22-9-13(12)19)11-3-2-6-21-8-11/h2-9,20H,19H2,1H3. The van der Waals surface area contributed by atoms with Gasteiger partial charge >= 0.3 is 0 Å². The van der Waals surface area contributed by atoms with Crippen molar-refractivity contribution in [1.82, 2.24) is 15.0 Å². The van der Waals surface area contributed by atoms with Crippen LogP contribution in [-0.4, -0.2) is 20.7 Å². The molecule has 6 heteroatoms. The number of halogens is 1. The van der Waals surface area contributed by atoms with E-state index >= 15 is 0 Å². The molecule has 3 aromatic rings. The zero-order valence-electron chi connectivity index (χ0n) is 12.4. The lowest BCUT2D eigenvalue weighted by molar-refractivity contribution is 0.573. The monoisotopic (exact) mass is 307 g/mol. The maximum Gasteiger partial charge on any atom is 0.216 e. The van der Waals surface area contributed by atoms with E-state index in [-0.39, 0.29) is 11.4 Å². The van der Waals surface area contributed by atoms with E-state index in [2.05, 4.69) is 15.0 Å². The van der Waals surface area contributed by atoms with Gasteiger partial charge < -0.3 is 5.73 Å². The van der Waals surface area contributed by atoms with Crippen LogP contribution in [0.3, 0.4) is 0 Å². The van der Waals surface area contributed by atoms with E-state index in [1.165, 1.54) is 6.20 Å². The molecule has 3 heterocycles. The maximum absolute atomic E-state index is 13.6. The van der Waals surface area contributed by atoms with Crippen molar-refractivity contribution in [3.05, 3.63) is 71.7 Å². The number of anilines is 1. The Labute approximate surface area is 132 Å². The maximum atomic E-state index is 13.6. The van der Waals surface area contributed by atoms with Crippen LogP contribution >= 0.6 is 0 Å². The Morgan fingerprint density at radius 3 is 2.74 bits per heavy atom. The van der Waals surface area contributed by atoms with Crippen LogP contribution in [0.15, 0.2) is 48.9 Å². The second kappa shape index (κ2) is 5.92. The van der Waals surface area contributed by atoms with Crippen molar-refractivity contribution in [3.63, 3.8) is 0 Å². The van der Waals surface area contributed by atoms with Crippen molar-refractivity contribution >= 4 is 11.4 Å². The molecule has 0 aromatic carbocycles. The van der Waals surface area contributed by atoms with Gasteiger partial charge in [0.2, 0.25) is 5.95 Å². The minimum absolute atomic E-state index is 0.0499. The summed E-state index contributed by atoms with van der Waals surface area (Å²) in [5.41, 5.74) is 8.88. The van der Waals surface area contributed by atoms with Crippen molar-refractivity contribution in [2.75, 3.05) is 5.73 Å². The molecular formula is C17H14FN5. The molecular weight excluding hydrogens is 293 g/mol. The molecule has 0 aliphatic rings. The third-order valence-electron chi connectivity index (χ3n) is 3.45. The molecule has 0 radical (unpaired) electrons. The molecule has 23 heavy (non-hydrogen) atoms. The van der Waals surface area contributed by atoms with Crippen LogP contribution < -0.4 is 5.73 Å². The van der Waals surface area contributed by atoms with Gasteiger partial charge in [-0.1, -0.05) is 6.07 Å². The van der Waals surface area contributed by atoms with E-state index in [1.54, 1.807) is 43.6 Å². The number of rotatable bonds is 3. The van der Waals surface area contributed by atoms with Gasteiger partial charge in [0.15, 0.2) is 0 Å². The van der Waals surface area contributed by atoms with Crippen molar-refractivity contribution < 1.29 is 4.39 Å². The first kappa shape index (κ1) is 14.8. The Morgan fingerprint density at radius 1 is 1.22 bits per heavy atom. The summed E-state index contributed by atoms with van der Waals surface area (Å²) >= 11 is 0. The number of nitrogens with one attached hydrogen (secondary N) is 1. The molecule has 0 aliphatic carbocycles. The summed E-state index contributed by atoms with van der Waals surface area (Å²) in [6.45, 7) is 1.62. The van der Waals surface area contributed by atoms with Crippen molar-refractivity contribution in [1.29, 1.82) is 5.41 Å². The molecule has 3 N–H and O–H groups in total. The molecule has 0 saturated carbocycles. The highest BCUT2D eigenvalue weighted by molar-refractivity contribution is 6.13. The Bertz CT molecular complexity index is 877. The third kappa shape index (κ3) is 2.91. The van der Waals surface area contributed by atoms with Gasteiger partial charge in [-0.3, -0.25) is 15.4 Å². The highest BCUT2D eigenvalue weighted by Gasteiger charge is 2.14. The second-order valence-electron chi connectivity index (χ2n) is 5.08. The van der Waals surface area contributed by atoms with Crippen LogP contribution in [0.5, 0.6) is 0 Å². The van der Waals surface area contributed by atoms with Gasteiger partial charge in [0.1, 0.15) is 0 Å². The highest BCUT2D eigenvalue weighted by Crippen LogP contribution is 2.22. The minimum Gasteiger partial charge on any atom is -0.397 e. The summed E-state index contributed by atoms with van der Waals surface area (Å²) in [7, 11) is 0. The quantitative estimate of drug-likeness (QED) is 0.575. The van der Waals surface area contributed by atoms with Crippen LogP contribution in [-0.2, 0) is 0 Å². The lowest BCUT2D eigenvalue weighted by Gasteiger charge is -2.10. The van der Waals surface area contributed by atoms with E-state index in [9.17, 15) is 4.39 Å². The Kier molecular flexibility index (Phi) is 3.80. The summed E-state index contributed by atoms with van der Waals surface area (Å²) in [5.74, 6) is -0.590. The normalized spacial score (nSPS) is 10.5. The molecule has 114 valence electrons. The number of hydrogen-bond donors (Lipinski definition) is 2. The molecule has 0 saturated heterocycles. The fourth-order valence-electron chi connectivity index (χ4n) is 2.14. The number of nitrogens with two attached hydrogens (primary N) is 1. The number of nitrogen functional groups attached to an aromatic ring is 1. The first-order valence-electron chi connectivity index (χ1n) is 6.94. The van der Waals surface area contributed by atoms with Gasteiger partial charge in [-0.2, -0.15) is 4.39 Å². The molecule has 5 nitrogen and oxygen atoms in total. The number of aromatic nitrogens is 3. The average molecular weight is 307 g/mol. The van der Waals surface area contributed by atoms with E-state index in [0.29, 0.717) is 22.5 Å². The number of aryl methyl sites for hydroxylation is 1. The highest BCUT2D eigenvalue weighted by atomic mass is 19.1. The molecule has 0 amide bonds. The number of hydrogen-bond acceptors (Lipinski definition) is 5. The zero-order chi connectivity index (χ0) is 16.4. The molecule has 0 atom stereocenters. The first-order chi connectivity index (χ1) is 11.1. The topological polar surface area (TPSA) is 88.5 Å². The van der Waals surface area contributed by atoms with Gasteiger partial charge in [-0.15, -0.1) is 0 Å². The summed E-state index contributed by atoms with van der Waals surface area (Å²) in [6.07, 6.45) is 4.83. The van der Waals surface area contributed by atoms with Gasteiger partial charge in [-0.05, 0) is 31.2 Å². The predicted molar refractivity (Wildman–Crippen MR) is 86.7 cm³/mol. The Morgan fingerprint density at radius 2 is 2.04 bits per heavy atom. The van der Waals surface area contributed by atoms with Crippen molar-refractivity contribution in [2.45, 2.75) is 6.92 Å². The molecule has 0 unspecified atom stereocenters. The Balaban J connectivity index is 2.05. The zero-order valence-corrected chi connectivity index (χ0v) is 12.4. The predicted octanol–water partition coefficient (Wildman–Crippen LogP) is 2.98. The number of pyridine rings is 3.